The summed E-state index contributed by atoms with van der Waals surface area (Å²) < 4.78 is 16.8. The molecule has 0 aliphatic rings. The van der Waals surface area contributed by atoms with Crippen LogP contribution in [-0.2, 0) is 28.6 Å². The van der Waals surface area contributed by atoms with Gasteiger partial charge in [-0.1, -0.05) is 370 Å². The van der Waals surface area contributed by atoms with Crippen LogP contribution >= 0.6 is 0 Å². The number of unbranched alkanes of at least 4 members (excludes halogenated alkanes) is 45. The van der Waals surface area contributed by atoms with Gasteiger partial charge in [-0.3, -0.25) is 14.4 Å². The van der Waals surface area contributed by atoms with Gasteiger partial charge in [0.25, 0.3) is 0 Å². The Morgan fingerprint density at radius 3 is 0.713 bits per heavy atom. The smallest absolute Gasteiger partial charge is 0.310 e. The van der Waals surface area contributed by atoms with Gasteiger partial charge in [0, 0.05) is 12.8 Å². The average molecular weight is 1120 g/mol. The predicted octanol–water partition coefficient (Wildman–Crippen LogP) is 24.3. The lowest BCUT2D eigenvalue weighted by molar-refractivity contribution is -0.166. The van der Waals surface area contributed by atoms with Crippen LogP contribution in [0.1, 0.15) is 374 Å². The summed E-state index contributed by atoms with van der Waals surface area (Å²) in [5.41, 5.74) is 0. The molecule has 0 aliphatic carbocycles. The first-order valence-electron chi connectivity index (χ1n) is 35.3. The highest BCUT2D eigenvalue weighted by atomic mass is 16.6. The molecule has 1 unspecified atom stereocenters. The molecule has 1 atom stereocenters. The first-order valence-corrected chi connectivity index (χ1v) is 35.3. The van der Waals surface area contributed by atoms with Gasteiger partial charge in [0.1, 0.15) is 13.2 Å². The molecule has 0 aliphatic heterocycles. The van der Waals surface area contributed by atoms with Crippen LogP contribution < -0.4 is 0 Å². The second-order valence-corrected chi connectivity index (χ2v) is 23.8. The Balaban J connectivity index is 4.14. The van der Waals surface area contributed by atoms with Gasteiger partial charge in [-0.2, -0.15) is 0 Å². The van der Waals surface area contributed by atoms with E-state index < -0.39 is 12.1 Å². The lowest BCUT2D eigenvalue weighted by Gasteiger charge is -2.18. The van der Waals surface area contributed by atoms with E-state index in [1.54, 1.807) is 6.08 Å². The molecule has 466 valence electrons. The van der Waals surface area contributed by atoms with Gasteiger partial charge >= 0.3 is 17.9 Å². The third-order valence-electron chi connectivity index (χ3n) is 15.8. The van der Waals surface area contributed by atoms with Crippen molar-refractivity contribution in [2.24, 2.45) is 0 Å². The molecule has 0 aromatic heterocycles. The number of hydrogen-bond donors (Lipinski definition) is 0. The first kappa shape index (κ1) is 77.1. The third kappa shape index (κ3) is 65.9. The summed E-state index contributed by atoms with van der Waals surface area (Å²) in [6, 6.07) is 0. The lowest BCUT2D eigenvalue weighted by Crippen LogP contribution is -2.30. The average Bonchev–Trinajstić information content (AvgIpc) is 3.46. The highest BCUT2D eigenvalue weighted by Gasteiger charge is 2.19. The molecule has 0 saturated heterocycles. The summed E-state index contributed by atoms with van der Waals surface area (Å²) in [6.45, 7) is 6.50. The Bertz CT molecular complexity index is 1430. The zero-order valence-corrected chi connectivity index (χ0v) is 53.6. The zero-order valence-electron chi connectivity index (χ0n) is 53.6. The van der Waals surface area contributed by atoms with E-state index in [0.717, 1.165) is 70.6 Å². The third-order valence-corrected chi connectivity index (χ3v) is 15.8. The number of carbonyl (C=O) groups is 3. The molecular formula is C74H134O6. The molecule has 0 radical (unpaired) electrons. The van der Waals surface area contributed by atoms with Gasteiger partial charge in [-0.05, 0) is 44.9 Å². The minimum Gasteiger partial charge on any atom is -0.462 e. The summed E-state index contributed by atoms with van der Waals surface area (Å²) in [6.07, 6.45) is 88.8. The summed E-state index contributed by atoms with van der Waals surface area (Å²) in [4.78, 5) is 38.2. The normalized spacial score (nSPS) is 12.4. The zero-order chi connectivity index (χ0) is 57.8. The van der Waals surface area contributed by atoms with Crippen LogP contribution in [0.25, 0.3) is 0 Å². The molecule has 6 heteroatoms. The molecule has 80 heavy (non-hydrogen) atoms. The van der Waals surface area contributed by atoms with Crippen LogP contribution in [0.5, 0.6) is 0 Å². The van der Waals surface area contributed by atoms with E-state index in [1.807, 2.05) is 6.08 Å². The standard InChI is InChI=1S/C74H134O6/c1-4-7-10-13-16-19-22-25-28-29-30-31-32-33-34-35-36-37-38-39-40-41-42-43-44-45-47-49-52-55-58-61-64-67-73(76)79-70-71(69-78-72(75)66-63-60-57-54-51-48-27-24-21-18-15-12-9-6-3)80-74(77)68-65-62-59-56-53-50-46-26-23-20-17-14-11-8-5-2/h8,11,17,20,26,46,53,56,62,65,71H,4-7,9-10,12-16,18-19,21-25,27-45,47-52,54-55,57-61,63-64,66-70H2,1-3H3/b11-8-,20-17-,46-26-,56-53-,65-62-. The maximum absolute atomic E-state index is 12.8. The van der Waals surface area contributed by atoms with Crippen molar-refractivity contribution in [3.8, 4) is 0 Å². The van der Waals surface area contributed by atoms with Crippen LogP contribution in [0, 0.1) is 0 Å². The number of ether oxygens (including phenoxy) is 3. The van der Waals surface area contributed by atoms with Gasteiger partial charge in [-0.15, -0.1) is 0 Å². The second-order valence-electron chi connectivity index (χ2n) is 23.8. The van der Waals surface area contributed by atoms with Gasteiger partial charge in [-0.25, -0.2) is 0 Å². The van der Waals surface area contributed by atoms with Gasteiger partial charge in [0.15, 0.2) is 6.10 Å². The monoisotopic (exact) mass is 1120 g/mol. The van der Waals surface area contributed by atoms with Crippen molar-refractivity contribution in [2.75, 3.05) is 13.2 Å². The van der Waals surface area contributed by atoms with Gasteiger partial charge in [0.2, 0.25) is 0 Å². The number of rotatable bonds is 65. The predicted molar refractivity (Wildman–Crippen MR) is 348 cm³/mol. The SMILES string of the molecule is CC/C=C\C/C=C\C/C=C\C/C=C\C/C=C\CC(=O)OC(COC(=O)CCCCCCCCCCCCCCCC)COC(=O)CCCCCCCCCCCCCCCCCCCCCCCCCCCCCCCCCCC. The summed E-state index contributed by atoms with van der Waals surface area (Å²) >= 11 is 0. The number of esters is 3. The fourth-order valence-corrected chi connectivity index (χ4v) is 10.6. The highest BCUT2D eigenvalue weighted by Crippen LogP contribution is 2.19. The topological polar surface area (TPSA) is 78.9 Å². The molecule has 0 spiro atoms. The quantitative estimate of drug-likeness (QED) is 0.0261. The lowest BCUT2D eigenvalue weighted by atomic mass is 10.0. The molecule has 0 aromatic carbocycles. The first-order chi connectivity index (χ1) is 39.5. The second kappa shape index (κ2) is 68.6. The Morgan fingerprint density at radius 2 is 0.475 bits per heavy atom. The highest BCUT2D eigenvalue weighted by molar-refractivity contribution is 5.72. The van der Waals surface area contributed by atoms with Crippen molar-refractivity contribution in [3.05, 3.63) is 60.8 Å². The molecule has 0 aromatic rings. The van der Waals surface area contributed by atoms with Crippen LogP contribution in [0.4, 0.5) is 0 Å². The van der Waals surface area contributed by atoms with Crippen molar-refractivity contribution in [3.63, 3.8) is 0 Å². The van der Waals surface area contributed by atoms with E-state index in [-0.39, 0.29) is 31.6 Å². The molecule has 0 fully saturated rings. The molecule has 0 heterocycles. The Labute approximate surface area is 498 Å². The molecule has 0 N–H and O–H groups in total. The fourth-order valence-electron chi connectivity index (χ4n) is 10.6. The van der Waals surface area contributed by atoms with E-state index >= 15 is 0 Å². The van der Waals surface area contributed by atoms with Crippen LogP contribution in [0.15, 0.2) is 60.8 Å². The van der Waals surface area contributed by atoms with Crippen LogP contribution in [0.2, 0.25) is 0 Å². The van der Waals surface area contributed by atoms with Gasteiger partial charge < -0.3 is 14.2 Å². The minimum absolute atomic E-state index is 0.102. The number of hydrogen-bond acceptors (Lipinski definition) is 6. The molecule has 0 amide bonds. The van der Waals surface area contributed by atoms with Crippen LogP contribution in [-0.4, -0.2) is 37.2 Å². The Morgan fingerprint density at radius 1 is 0.263 bits per heavy atom. The van der Waals surface area contributed by atoms with E-state index in [9.17, 15) is 14.4 Å². The van der Waals surface area contributed by atoms with E-state index in [1.165, 1.54) is 263 Å². The maximum Gasteiger partial charge on any atom is 0.310 e. The minimum atomic E-state index is -0.826. The van der Waals surface area contributed by atoms with E-state index in [2.05, 4.69) is 69.4 Å². The van der Waals surface area contributed by atoms with Crippen LogP contribution in [0.3, 0.4) is 0 Å². The molecule has 6 nitrogen and oxygen atoms in total. The Kier molecular flexibility index (Phi) is 66.1. The molecule has 0 rings (SSSR count). The Hall–Kier alpha value is -2.89. The number of carbonyl (C=O) groups excluding carboxylic acids is 3. The largest absolute Gasteiger partial charge is 0.462 e. The number of allylic oxidation sites excluding steroid dienone is 9. The van der Waals surface area contributed by atoms with E-state index in [4.69, 9.17) is 14.2 Å². The summed E-state index contributed by atoms with van der Waals surface area (Å²) in [5.74, 6) is -1.02. The van der Waals surface area contributed by atoms with Crippen molar-refractivity contribution >= 4 is 17.9 Å². The van der Waals surface area contributed by atoms with Crippen molar-refractivity contribution in [1.82, 2.24) is 0 Å². The fraction of sp³-hybridized carbons (Fsp3) is 0.824. The molecular weight excluding hydrogens is 985 g/mol. The van der Waals surface area contributed by atoms with Crippen molar-refractivity contribution < 1.29 is 28.6 Å². The molecule has 0 saturated carbocycles. The van der Waals surface area contributed by atoms with E-state index in [0.29, 0.717) is 12.8 Å². The van der Waals surface area contributed by atoms with Crippen molar-refractivity contribution in [1.29, 1.82) is 0 Å². The van der Waals surface area contributed by atoms with Gasteiger partial charge in [0.05, 0.1) is 6.42 Å². The maximum atomic E-state index is 12.8. The summed E-state index contributed by atoms with van der Waals surface area (Å²) in [7, 11) is 0. The van der Waals surface area contributed by atoms with Crippen molar-refractivity contribution in [2.45, 2.75) is 380 Å². The molecule has 0 bridgehead atoms. The summed E-state index contributed by atoms with van der Waals surface area (Å²) in [5, 5.41) is 0.